The van der Waals surface area contributed by atoms with Crippen molar-refractivity contribution in [3.63, 3.8) is 0 Å². The average Bonchev–Trinajstić information content (AvgIpc) is 1.96. The van der Waals surface area contributed by atoms with Crippen LogP contribution in [0.5, 0.6) is 0 Å². The fraction of sp³-hybridized carbons (Fsp3) is 0.846. The van der Waals surface area contributed by atoms with Gasteiger partial charge in [0.05, 0.1) is 0 Å². The van der Waals surface area contributed by atoms with Gasteiger partial charge in [-0.05, 0) is 43.9 Å². The van der Waals surface area contributed by atoms with Gasteiger partial charge in [-0.25, -0.2) is 0 Å². The summed E-state index contributed by atoms with van der Waals surface area (Å²) in [5, 5.41) is 0. The van der Waals surface area contributed by atoms with Gasteiger partial charge in [0.2, 0.25) is 0 Å². The van der Waals surface area contributed by atoms with Gasteiger partial charge in [-0.3, -0.25) is 0 Å². The van der Waals surface area contributed by atoms with Crippen LogP contribution in [0.15, 0.2) is 11.1 Å². The van der Waals surface area contributed by atoms with E-state index in [1.807, 2.05) is 0 Å². The van der Waals surface area contributed by atoms with Crippen LogP contribution in [0.4, 0.5) is 0 Å². The van der Waals surface area contributed by atoms with Crippen LogP contribution in [0, 0.1) is 11.3 Å². The van der Waals surface area contributed by atoms with Gasteiger partial charge in [0.15, 0.2) is 0 Å². The number of hydrogen-bond acceptors (Lipinski definition) is 0. The van der Waals surface area contributed by atoms with Gasteiger partial charge in [0.1, 0.15) is 0 Å². The molecule has 0 aromatic rings. The Morgan fingerprint density at radius 3 is 2.38 bits per heavy atom. The summed E-state index contributed by atoms with van der Waals surface area (Å²) in [6.07, 6.45) is 5.41. The maximum atomic E-state index is 2.41. The van der Waals surface area contributed by atoms with E-state index in [1.54, 1.807) is 11.1 Å². The Morgan fingerprint density at radius 1 is 1.31 bits per heavy atom. The van der Waals surface area contributed by atoms with Crippen molar-refractivity contribution in [3.05, 3.63) is 11.1 Å². The average molecular weight is 180 g/mol. The van der Waals surface area contributed by atoms with E-state index >= 15 is 0 Å². The summed E-state index contributed by atoms with van der Waals surface area (Å²) >= 11 is 0. The van der Waals surface area contributed by atoms with Gasteiger partial charge in [-0.1, -0.05) is 38.8 Å². The van der Waals surface area contributed by atoms with Gasteiger partial charge in [0, 0.05) is 0 Å². The zero-order chi connectivity index (χ0) is 10.1. The van der Waals surface area contributed by atoms with Crippen LogP contribution in [-0.2, 0) is 0 Å². The standard InChI is InChI=1S/C13H24/c1-10(2)9-12-11(3)7-6-8-13(12,4)5/h10H,6-9H2,1-5H3. The molecule has 0 bridgehead atoms. The van der Waals surface area contributed by atoms with Crippen molar-refractivity contribution in [1.82, 2.24) is 0 Å². The monoisotopic (exact) mass is 180 g/mol. The third-order valence-electron chi connectivity index (χ3n) is 3.30. The van der Waals surface area contributed by atoms with Crippen LogP contribution in [0.1, 0.15) is 60.3 Å². The maximum absolute atomic E-state index is 2.41. The molecule has 1 aliphatic rings. The molecule has 0 aromatic heterocycles. The molecule has 1 rings (SSSR count). The van der Waals surface area contributed by atoms with Crippen LogP contribution < -0.4 is 0 Å². The van der Waals surface area contributed by atoms with Crippen molar-refractivity contribution >= 4 is 0 Å². The Morgan fingerprint density at radius 2 is 1.92 bits per heavy atom. The van der Waals surface area contributed by atoms with Gasteiger partial charge < -0.3 is 0 Å². The summed E-state index contributed by atoms with van der Waals surface area (Å²) in [5.41, 5.74) is 3.89. The first-order valence-electron chi connectivity index (χ1n) is 5.62. The van der Waals surface area contributed by atoms with Crippen molar-refractivity contribution in [2.24, 2.45) is 11.3 Å². The van der Waals surface area contributed by atoms with Crippen LogP contribution in [0.25, 0.3) is 0 Å². The Hall–Kier alpha value is -0.260. The molecule has 13 heavy (non-hydrogen) atoms. The van der Waals surface area contributed by atoms with Gasteiger partial charge in [0.25, 0.3) is 0 Å². The molecule has 0 saturated carbocycles. The highest BCUT2D eigenvalue weighted by atomic mass is 14.3. The molecule has 0 radical (unpaired) electrons. The predicted molar refractivity (Wildman–Crippen MR) is 59.8 cm³/mol. The first-order valence-corrected chi connectivity index (χ1v) is 5.62. The van der Waals surface area contributed by atoms with E-state index in [9.17, 15) is 0 Å². The largest absolute Gasteiger partial charge is 0.0736 e. The van der Waals surface area contributed by atoms with Crippen LogP contribution in [-0.4, -0.2) is 0 Å². The van der Waals surface area contributed by atoms with E-state index < -0.39 is 0 Å². The minimum absolute atomic E-state index is 0.479. The second kappa shape index (κ2) is 3.86. The van der Waals surface area contributed by atoms with E-state index in [0.717, 1.165) is 5.92 Å². The normalized spacial score (nSPS) is 22.6. The summed E-state index contributed by atoms with van der Waals surface area (Å²) in [4.78, 5) is 0. The van der Waals surface area contributed by atoms with Crippen molar-refractivity contribution in [3.8, 4) is 0 Å². The molecule has 0 heteroatoms. The molecule has 0 nitrogen and oxygen atoms in total. The molecule has 0 unspecified atom stereocenters. The number of hydrogen-bond donors (Lipinski definition) is 0. The molecule has 0 heterocycles. The molecule has 0 amide bonds. The molecule has 1 aliphatic carbocycles. The lowest BCUT2D eigenvalue weighted by Crippen LogP contribution is -2.21. The molecule has 0 N–H and O–H groups in total. The Labute approximate surface area is 83.4 Å². The van der Waals surface area contributed by atoms with Crippen LogP contribution in [0.2, 0.25) is 0 Å². The molecule has 0 aliphatic heterocycles. The smallest absolute Gasteiger partial charge is 0.0142 e. The lowest BCUT2D eigenvalue weighted by atomic mass is 9.70. The van der Waals surface area contributed by atoms with Crippen LogP contribution in [0.3, 0.4) is 0 Å². The lowest BCUT2D eigenvalue weighted by molar-refractivity contribution is 0.342. The van der Waals surface area contributed by atoms with E-state index in [0.29, 0.717) is 5.41 Å². The van der Waals surface area contributed by atoms with Gasteiger partial charge in [-0.15, -0.1) is 0 Å². The molecule has 0 aromatic carbocycles. The van der Waals surface area contributed by atoms with Crippen molar-refractivity contribution in [2.75, 3.05) is 0 Å². The van der Waals surface area contributed by atoms with Crippen molar-refractivity contribution in [2.45, 2.75) is 60.3 Å². The Kier molecular flexibility index (Phi) is 3.21. The summed E-state index contributed by atoms with van der Waals surface area (Å²) in [5.74, 6) is 0.808. The summed E-state index contributed by atoms with van der Waals surface area (Å²) in [6.45, 7) is 11.8. The molecular formula is C13H24. The first kappa shape index (κ1) is 10.8. The first-order chi connectivity index (χ1) is 5.93. The fourth-order valence-electron chi connectivity index (χ4n) is 2.53. The summed E-state index contributed by atoms with van der Waals surface area (Å²) in [6, 6.07) is 0. The molecule has 0 atom stereocenters. The zero-order valence-corrected chi connectivity index (χ0v) is 9.91. The highest BCUT2D eigenvalue weighted by molar-refractivity contribution is 5.22. The maximum Gasteiger partial charge on any atom is -0.0142 e. The fourth-order valence-corrected chi connectivity index (χ4v) is 2.53. The molecular weight excluding hydrogens is 156 g/mol. The Balaban J connectivity index is 2.85. The highest BCUT2D eigenvalue weighted by Crippen LogP contribution is 2.42. The van der Waals surface area contributed by atoms with Crippen molar-refractivity contribution < 1.29 is 0 Å². The topological polar surface area (TPSA) is 0 Å². The van der Waals surface area contributed by atoms with Crippen LogP contribution >= 0.6 is 0 Å². The van der Waals surface area contributed by atoms with Gasteiger partial charge >= 0.3 is 0 Å². The highest BCUT2D eigenvalue weighted by Gasteiger charge is 2.28. The van der Waals surface area contributed by atoms with E-state index in [2.05, 4.69) is 34.6 Å². The van der Waals surface area contributed by atoms with Gasteiger partial charge in [-0.2, -0.15) is 0 Å². The van der Waals surface area contributed by atoms with E-state index in [1.165, 1.54) is 25.7 Å². The summed E-state index contributed by atoms with van der Waals surface area (Å²) in [7, 11) is 0. The Bertz CT molecular complexity index is 206. The third kappa shape index (κ3) is 2.59. The summed E-state index contributed by atoms with van der Waals surface area (Å²) < 4.78 is 0. The zero-order valence-electron chi connectivity index (χ0n) is 9.91. The second-order valence-corrected chi connectivity index (χ2v) is 5.59. The third-order valence-corrected chi connectivity index (χ3v) is 3.30. The minimum Gasteiger partial charge on any atom is -0.0736 e. The molecule has 0 fully saturated rings. The minimum atomic E-state index is 0.479. The molecule has 76 valence electrons. The lowest BCUT2D eigenvalue weighted by Gasteiger charge is -2.35. The van der Waals surface area contributed by atoms with E-state index in [4.69, 9.17) is 0 Å². The molecule has 0 saturated heterocycles. The quantitative estimate of drug-likeness (QED) is 0.546. The van der Waals surface area contributed by atoms with E-state index in [-0.39, 0.29) is 0 Å². The molecule has 0 spiro atoms. The SMILES string of the molecule is CC1=C(CC(C)C)C(C)(C)CCC1. The number of allylic oxidation sites excluding steroid dienone is 2. The van der Waals surface area contributed by atoms with Crippen molar-refractivity contribution in [1.29, 1.82) is 0 Å². The predicted octanol–water partition coefficient (Wildman–Crippen LogP) is 4.56. The second-order valence-electron chi connectivity index (χ2n) is 5.59. The number of rotatable bonds is 2.